The molecule has 0 amide bonds. The zero-order valence-corrected chi connectivity index (χ0v) is 13.1. The summed E-state index contributed by atoms with van der Waals surface area (Å²) in [5.74, 6) is 0.951. The fraction of sp³-hybridized carbons (Fsp3) is 0.636. The summed E-state index contributed by atoms with van der Waals surface area (Å²) in [5.41, 5.74) is 5.45. The highest BCUT2D eigenvalue weighted by Gasteiger charge is 2.19. The van der Waals surface area contributed by atoms with Crippen LogP contribution in [-0.2, 0) is 16.4 Å². The monoisotopic (exact) mass is 308 g/mol. The predicted molar refractivity (Wildman–Crippen MR) is 79.9 cm³/mol. The molecule has 18 heavy (non-hydrogen) atoms. The van der Waals surface area contributed by atoms with Crippen LogP contribution in [0.3, 0.4) is 0 Å². The molecule has 0 aromatic carbocycles. The number of rotatable bonds is 8. The first-order valence-electron chi connectivity index (χ1n) is 5.79. The lowest BCUT2D eigenvalue weighted by Crippen LogP contribution is -2.32. The van der Waals surface area contributed by atoms with Crippen molar-refractivity contribution in [1.82, 2.24) is 4.72 Å². The molecule has 104 valence electrons. The summed E-state index contributed by atoms with van der Waals surface area (Å²) in [6.45, 7) is 2.43. The molecule has 1 rings (SSSR count). The van der Waals surface area contributed by atoms with E-state index in [2.05, 4.69) is 4.72 Å². The van der Waals surface area contributed by atoms with Crippen molar-refractivity contribution in [2.75, 3.05) is 18.6 Å². The molecule has 0 spiro atoms. The molecule has 0 aliphatic heterocycles. The average molecular weight is 308 g/mol. The van der Waals surface area contributed by atoms with Crippen molar-refractivity contribution in [1.29, 1.82) is 0 Å². The molecule has 0 aliphatic rings. The fourth-order valence-corrected chi connectivity index (χ4v) is 4.71. The highest BCUT2D eigenvalue weighted by molar-refractivity contribution is 7.98. The van der Waals surface area contributed by atoms with Crippen LogP contribution in [0.4, 0.5) is 0 Å². The van der Waals surface area contributed by atoms with E-state index in [1.165, 1.54) is 11.3 Å². The quantitative estimate of drug-likeness (QED) is 0.766. The molecule has 1 atom stereocenters. The van der Waals surface area contributed by atoms with E-state index in [0.717, 1.165) is 23.5 Å². The molecule has 0 aliphatic carbocycles. The van der Waals surface area contributed by atoms with Gasteiger partial charge in [-0.25, -0.2) is 13.1 Å². The number of nitrogens with two attached hydrogens (primary N) is 1. The molecule has 0 bridgehead atoms. The van der Waals surface area contributed by atoms with Crippen LogP contribution in [0, 0.1) is 0 Å². The largest absolute Gasteiger partial charge is 0.330 e. The third kappa shape index (κ3) is 4.89. The van der Waals surface area contributed by atoms with E-state index in [4.69, 9.17) is 5.73 Å². The average Bonchev–Trinajstić information content (AvgIpc) is 2.75. The van der Waals surface area contributed by atoms with E-state index < -0.39 is 10.0 Å². The summed E-state index contributed by atoms with van der Waals surface area (Å²) >= 11 is 3.01. The van der Waals surface area contributed by atoms with E-state index in [1.807, 2.05) is 19.2 Å². The van der Waals surface area contributed by atoms with Crippen LogP contribution < -0.4 is 10.5 Å². The standard InChI is InChI=1S/C11H20N2O2S3/c1-9(6-8-16-2)13-18(14,15)11-4-3-10(17-11)5-7-12/h3-4,9,13H,5-8,12H2,1-2H3. The number of nitrogens with one attached hydrogen (secondary N) is 1. The maximum absolute atomic E-state index is 12.1. The van der Waals surface area contributed by atoms with Gasteiger partial charge in [-0.3, -0.25) is 0 Å². The van der Waals surface area contributed by atoms with Crippen molar-refractivity contribution in [2.45, 2.75) is 30.0 Å². The van der Waals surface area contributed by atoms with Gasteiger partial charge in [-0.1, -0.05) is 0 Å². The van der Waals surface area contributed by atoms with Gasteiger partial charge in [0.25, 0.3) is 0 Å². The fourth-order valence-electron chi connectivity index (χ4n) is 1.46. The lowest BCUT2D eigenvalue weighted by Gasteiger charge is -2.12. The Morgan fingerprint density at radius 1 is 1.50 bits per heavy atom. The number of thioether (sulfide) groups is 1. The normalized spacial score (nSPS) is 13.7. The highest BCUT2D eigenvalue weighted by Crippen LogP contribution is 2.22. The van der Waals surface area contributed by atoms with E-state index in [-0.39, 0.29) is 6.04 Å². The molecule has 7 heteroatoms. The topological polar surface area (TPSA) is 72.2 Å². The van der Waals surface area contributed by atoms with Gasteiger partial charge in [0.1, 0.15) is 4.21 Å². The molecule has 4 nitrogen and oxygen atoms in total. The van der Waals surface area contributed by atoms with E-state index in [1.54, 1.807) is 17.8 Å². The Kier molecular flexibility index (Phi) is 6.65. The van der Waals surface area contributed by atoms with Gasteiger partial charge in [-0.15, -0.1) is 11.3 Å². The molecule has 1 aromatic rings. The second-order valence-corrected chi connectivity index (χ2v) is 8.16. The van der Waals surface area contributed by atoms with Gasteiger partial charge in [0.2, 0.25) is 10.0 Å². The molecule has 3 N–H and O–H groups in total. The SMILES string of the molecule is CSCCC(C)NS(=O)(=O)c1ccc(CCN)s1. The van der Waals surface area contributed by atoms with Crippen LogP contribution in [0.25, 0.3) is 0 Å². The van der Waals surface area contributed by atoms with Gasteiger partial charge in [0.05, 0.1) is 0 Å². The van der Waals surface area contributed by atoms with Crippen LogP contribution in [0.1, 0.15) is 18.2 Å². The molecule has 0 saturated carbocycles. The molecular weight excluding hydrogens is 288 g/mol. The van der Waals surface area contributed by atoms with Crippen molar-refractivity contribution < 1.29 is 8.42 Å². The molecular formula is C11H20N2O2S3. The first kappa shape index (κ1) is 16.0. The highest BCUT2D eigenvalue weighted by atomic mass is 32.2. The summed E-state index contributed by atoms with van der Waals surface area (Å²) in [6.07, 6.45) is 3.57. The Labute approximate surface area is 117 Å². The summed E-state index contributed by atoms with van der Waals surface area (Å²) in [6, 6.07) is 3.44. The molecule has 0 fully saturated rings. The van der Waals surface area contributed by atoms with Gasteiger partial charge in [0, 0.05) is 10.9 Å². The third-order valence-corrected chi connectivity index (χ3v) is 6.27. The zero-order valence-electron chi connectivity index (χ0n) is 10.7. The second-order valence-electron chi connectivity index (χ2n) is 4.06. The van der Waals surface area contributed by atoms with E-state index in [9.17, 15) is 8.42 Å². The maximum Gasteiger partial charge on any atom is 0.250 e. The second kappa shape index (κ2) is 7.49. The number of thiophene rings is 1. The van der Waals surface area contributed by atoms with Gasteiger partial charge < -0.3 is 5.73 Å². The van der Waals surface area contributed by atoms with Crippen molar-refractivity contribution in [3.05, 3.63) is 17.0 Å². The maximum atomic E-state index is 12.1. The third-order valence-electron chi connectivity index (χ3n) is 2.40. The van der Waals surface area contributed by atoms with Crippen LogP contribution in [0.2, 0.25) is 0 Å². The van der Waals surface area contributed by atoms with Gasteiger partial charge in [-0.2, -0.15) is 11.8 Å². The summed E-state index contributed by atoms with van der Waals surface area (Å²) < 4.78 is 27.2. The molecule has 0 radical (unpaired) electrons. The van der Waals surface area contributed by atoms with Crippen LogP contribution in [0.5, 0.6) is 0 Å². The zero-order chi connectivity index (χ0) is 13.6. The van der Waals surface area contributed by atoms with E-state index >= 15 is 0 Å². The van der Waals surface area contributed by atoms with Crippen molar-refractivity contribution in [3.63, 3.8) is 0 Å². The first-order valence-corrected chi connectivity index (χ1v) is 9.49. The van der Waals surface area contributed by atoms with Gasteiger partial charge in [-0.05, 0) is 50.5 Å². The number of hydrogen-bond donors (Lipinski definition) is 2. The summed E-state index contributed by atoms with van der Waals surface area (Å²) in [7, 11) is -3.37. The van der Waals surface area contributed by atoms with Gasteiger partial charge in [0.15, 0.2) is 0 Å². The Bertz CT molecular complexity index is 457. The summed E-state index contributed by atoms with van der Waals surface area (Å²) in [5, 5.41) is 0. The van der Waals surface area contributed by atoms with Crippen molar-refractivity contribution in [2.24, 2.45) is 5.73 Å². The number of hydrogen-bond acceptors (Lipinski definition) is 5. The summed E-state index contributed by atoms with van der Waals surface area (Å²) in [4.78, 5) is 1.01. The smallest absolute Gasteiger partial charge is 0.250 e. The molecule has 1 heterocycles. The Morgan fingerprint density at radius 3 is 2.83 bits per heavy atom. The molecule has 0 saturated heterocycles. The molecule has 1 aromatic heterocycles. The Balaban J connectivity index is 2.67. The lowest BCUT2D eigenvalue weighted by molar-refractivity contribution is 0.559. The minimum atomic E-state index is -3.37. The number of sulfonamides is 1. The Hall–Kier alpha value is -0.0800. The predicted octanol–water partition coefficient (Wildman–Crippen LogP) is 1.67. The lowest BCUT2D eigenvalue weighted by atomic mass is 10.3. The minimum absolute atomic E-state index is 0.0393. The molecule has 1 unspecified atom stereocenters. The van der Waals surface area contributed by atoms with Gasteiger partial charge >= 0.3 is 0 Å². The van der Waals surface area contributed by atoms with Crippen molar-refractivity contribution >= 4 is 33.1 Å². The Morgan fingerprint density at radius 2 is 2.22 bits per heavy atom. The van der Waals surface area contributed by atoms with Crippen LogP contribution in [0.15, 0.2) is 16.3 Å². The van der Waals surface area contributed by atoms with Crippen LogP contribution >= 0.6 is 23.1 Å². The van der Waals surface area contributed by atoms with E-state index in [0.29, 0.717) is 10.8 Å². The minimum Gasteiger partial charge on any atom is -0.330 e. The van der Waals surface area contributed by atoms with Crippen molar-refractivity contribution in [3.8, 4) is 0 Å². The first-order chi connectivity index (χ1) is 8.49. The van der Waals surface area contributed by atoms with Crippen LogP contribution in [-0.4, -0.2) is 33.0 Å².